The van der Waals surface area contributed by atoms with E-state index in [-0.39, 0.29) is 6.61 Å². The summed E-state index contributed by atoms with van der Waals surface area (Å²) in [5, 5.41) is 13.9. The summed E-state index contributed by atoms with van der Waals surface area (Å²) in [6.07, 6.45) is 2.07. The van der Waals surface area contributed by atoms with E-state index in [2.05, 4.69) is 17.1 Å². The second kappa shape index (κ2) is 8.59. The molecule has 0 aromatic heterocycles. The van der Waals surface area contributed by atoms with E-state index in [9.17, 15) is 5.11 Å². The summed E-state index contributed by atoms with van der Waals surface area (Å²) in [5.74, 6) is 0.614. The average Bonchev–Trinajstić information content (AvgIpc) is 2.97. The summed E-state index contributed by atoms with van der Waals surface area (Å²) < 4.78 is 5.53. The van der Waals surface area contributed by atoms with E-state index >= 15 is 0 Å². The first kappa shape index (κ1) is 16.6. The standard InChI is InChI=1S/C16H25ClN2O2/c1-13(11-19-8-4-5-9-19)18-10-14(20)12-21-16-7-3-2-6-15(16)17/h2-3,6-7,13-14,18,20H,4-5,8-12H2,1H3. The molecule has 0 aliphatic carbocycles. The molecule has 2 rings (SSSR count). The van der Waals surface area contributed by atoms with Gasteiger partial charge in [-0.15, -0.1) is 0 Å². The van der Waals surface area contributed by atoms with E-state index in [0.717, 1.165) is 6.54 Å². The van der Waals surface area contributed by atoms with Gasteiger partial charge in [0.2, 0.25) is 0 Å². The maximum atomic E-state index is 9.97. The van der Waals surface area contributed by atoms with E-state index < -0.39 is 6.10 Å². The van der Waals surface area contributed by atoms with Crippen LogP contribution in [0.4, 0.5) is 0 Å². The summed E-state index contributed by atoms with van der Waals surface area (Å²) in [5.41, 5.74) is 0. The molecule has 1 aromatic carbocycles. The van der Waals surface area contributed by atoms with Crippen LogP contribution in [0.5, 0.6) is 5.75 Å². The molecule has 5 heteroatoms. The number of likely N-dealkylation sites (tertiary alicyclic amines) is 1. The molecule has 2 atom stereocenters. The average molecular weight is 313 g/mol. The Morgan fingerprint density at radius 1 is 1.33 bits per heavy atom. The first-order valence-electron chi connectivity index (χ1n) is 7.66. The third-order valence-electron chi connectivity index (χ3n) is 3.70. The van der Waals surface area contributed by atoms with Crippen molar-refractivity contribution in [3.8, 4) is 5.75 Å². The van der Waals surface area contributed by atoms with Crippen molar-refractivity contribution in [1.82, 2.24) is 10.2 Å². The zero-order valence-corrected chi connectivity index (χ0v) is 13.4. The number of ether oxygens (including phenoxy) is 1. The highest BCUT2D eigenvalue weighted by atomic mass is 35.5. The second-order valence-corrected chi connectivity index (χ2v) is 6.12. The van der Waals surface area contributed by atoms with Gasteiger partial charge < -0.3 is 20.1 Å². The van der Waals surface area contributed by atoms with Crippen molar-refractivity contribution in [2.75, 3.05) is 32.8 Å². The van der Waals surface area contributed by atoms with Gasteiger partial charge in [0, 0.05) is 19.1 Å². The molecule has 0 bridgehead atoms. The van der Waals surface area contributed by atoms with Crippen LogP contribution in [-0.2, 0) is 0 Å². The highest BCUT2D eigenvalue weighted by Crippen LogP contribution is 2.23. The van der Waals surface area contributed by atoms with Crippen molar-refractivity contribution in [1.29, 1.82) is 0 Å². The van der Waals surface area contributed by atoms with Crippen LogP contribution in [0.15, 0.2) is 24.3 Å². The van der Waals surface area contributed by atoms with Gasteiger partial charge in [0.05, 0.1) is 5.02 Å². The molecular weight excluding hydrogens is 288 g/mol. The van der Waals surface area contributed by atoms with Crippen LogP contribution in [0.1, 0.15) is 19.8 Å². The number of benzene rings is 1. The van der Waals surface area contributed by atoms with E-state index in [0.29, 0.717) is 23.4 Å². The molecule has 21 heavy (non-hydrogen) atoms. The van der Waals surface area contributed by atoms with E-state index in [1.54, 1.807) is 12.1 Å². The van der Waals surface area contributed by atoms with Gasteiger partial charge in [-0.3, -0.25) is 0 Å². The Kier molecular flexibility index (Phi) is 6.77. The van der Waals surface area contributed by atoms with Gasteiger partial charge in [-0.2, -0.15) is 0 Å². The van der Waals surface area contributed by atoms with Crippen LogP contribution >= 0.6 is 11.6 Å². The third kappa shape index (κ3) is 5.83. The minimum Gasteiger partial charge on any atom is -0.489 e. The van der Waals surface area contributed by atoms with E-state index in [4.69, 9.17) is 16.3 Å². The molecule has 1 aliphatic rings. The highest BCUT2D eigenvalue weighted by molar-refractivity contribution is 6.32. The number of aliphatic hydroxyl groups is 1. The van der Waals surface area contributed by atoms with Crippen LogP contribution in [0.25, 0.3) is 0 Å². The van der Waals surface area contributed by atoms with Crippen molar-refractivity contribution in [2.45, 2.75) is 31.9 Å². The lowest BCUT2D eigenvalue weighted by Gasteiger charge is -2.22. The molecule has 1 aliphatic heterocycles. The van der Waals surface area contributed by atoms with E-state index in [1.807, 2.05) is 12.1 Å². The fraction of sp³-hybridized carbons (Fsp3) is 0.625. The normalized spacial score (nSPS) is 18.6. The predicted molar refractivity (Wildman–Crippen MR) is 86.1 cm³/mol. The number of para-hydroxylation sites is 1. The number of hydrogen-bond acceptors (Lipinski definition) is 4. The lowest BCUT2D eigenvalue weighted by Crippen LogP contribution is -2.42. The second-order valence-electron chi connectivity index (χ2n) is 5.71. The fourth-order valence-corrected chi connectivity index (χ4v) is 2.75. The SMILES string of the molecule is CC(CN1CCCC1)NCC(O)COc1ccccc1Cl. The summed E-state index contributed by atoms with van der Waals surface area (Å²) in [4.78, 5) is 2.46. The number of halogens is 1. The molecule has 1 fully saturated rings. The van der Waals surface area contributed by atoms with Crippen molar-refractivity contribution in [3.63, 3.8) is 0 Å². The molecule has 118 valence electrons. The lowest BCUT2D eigenvalue weighted by atomic mass is 10.3. The van der Waals surface area contributed by atoms with Crippen LogP contribution in [-0.4, -0.2) is 54.9 Å². The molecule has 0 spiro atoms. The Labute approximate surface area is 132 Å². The third-order valence-corrected chi connectivity index (χ3v) is 4.01. The van der Waals surface area contributed by atoms with Crippen LogP contribution in [0, 0.1) is 0 Å². The largest absolute Gasteiger partial charge is 0.489 e. The van der Waals surface area contributed by atoms with Crippen molar-refractivity contribution in [2.24, 2.45) is 0 Å². The number of aliphatic hydroxyl groups excluding tert-OH is 1. The number of hydrogen-bond donors (Lipinski definition) is 2. The van der Waals surface area contributed by atoms with Crippen LogP contribution in [0.3, 0.4) is 0 Å². The Hall–Kier alpha value is -0.810. The first-order valence-corrected chi connectivity index (χ1v) is 8.04. The molecule has 0 radical (unpaired) electrons. The van der Waals surface area contributed by atoms with Crippen LogP contribution < -0.4 is 10.1 Å². The molecule has 1 aromatic rings. The topological polar surface area (TPSA) is 44.7 Å². The van der Waals surface area contributed by atoms with Gasteiger partial charge in [-0.25, -0.2) is 0 Å². The van der Waals surface area contributed by atoms with Gasteiger partial charge in [0.1, 0.15) is 18.5 Å². The van der Waals surface area contributed by atoms with Crippen molar-refractivity contribution < 1.29 is 9.84 Å². The van der Waals surface area contributed by atoms with E-state index in [1.165, 1.54) is 25.9 Å². The van der Waals surface area contributed by atoms with Gasteiger partial charge in [-0.05, 0) is 45.0 Å². The molecule has 4 nitrogen and oxygen atoms in total. The fourth-order valence-electron chi connectivity index (χ4n) is 2.56. The Bertz CT molecular complexity index is 424. The smallest absolute Gasteiger partial charge is 0.138 e. The molecule has 0 amide bonds. The summed E-state index contributed by atoms with van der Waals surface area (Å²) in [7, 11) is 0. The first-order chi connectivity index (χ1) is 10.1. The minimum atomic E-state index is -0.540. The van der Waals surface area contributed by atoms with Crippen molar-refractivity contribution >= 4 is 11.6 Å². The number of nitrogens with one attached hydrogen (secondary N) is 1. The number of rotatable bonds is 8. The maximum Gasteiger partial charge on any atom is 0.138 e. The summed E-state index contributed by atoms with van der Waals surface area (Å²) in [6, 6.07) is 7.67. The zero-order chi connectivity index (χ0) is 15.1. The number of nitrogens with zero attached hydrogens (tertiary/aromatic N) is 1. The molecule has 0 saturated carbocycles. The quantitative estimate of drug-likeness (QED) is 0.772. The molecular formula is C16H25ClN2O2. The van der Waals surface area contributed by atoms with Gasteiger partial charge in [0.15, 0.2) is 0 Å². The minimum absolute atomic E-state index is 0.243. The van der Waals surface area contributed by atoms with Crippen molar-refractivity contribution in [3.05, 3.63) is 29.3 Å². The van der Waals surface area contributed by atoms with Gasteiger partial charge in [0.25, 0.3) is 0 Å². The molecule has 2 N–H and O–H groups in total. The Balaban J connectivity index is 1.62. The maximum absolute atomic E-state index is 9.97. The molecule has 1 saturated heterocycles. The highest BCUT2D eigenvalue weighted by Gasteiger charge is 2.15. The predicted octanol–water partition coefficient (Wildman–Crippen LogP) is 2.15. The summed E-state index contributed by atoms with van der Waals surface area (Å²) >= 11 is 6.00. The van der Waals surface area contributed by atoms with Gasteiger partial charge in [-0.1, -0.05) is 23.7 Å². The van der Waals surface area contributed by atoms with Gasteiger partial charge >= 0.3 is 0 Å². The monoisotopic (exact) mass is 312 g/mol. The van der Waals surface area contributed by atoms with Crippen LogP contribution in [0.2, 0.25) is 5.02 Å². The lowest BCUT2D eigenvalue weighted by molar-refractivity contribution is 0.102. The Morgan fingerprint density at radius 2 is 2.05 bits per heavy atom. The molecule has 2 unspecified atom stereocenters. The Morgan fingerprint density at radius 3 is 2.76 bits per heavy atom. The zero-order valence-electron chi connectivity index (χ0n) is 12.6. The molecule has 1 heterocycles. The summed E-state index contributed by atoms with van der Waals surface area (Å²) in [6.45, 7) is 6.36.